The SMILES string of the molecule is CCCn1cc(C(=O)NCC2CCCCCC2)c2c(Br)cccc21. The average Bonchev–Trinajstić information content (AvgIpc) is 2.77. The monoisotopic (exact) mass is 390 g/mol. The van der Waals surface area contributed by atoms with Crippen molar-refractivity contribution in [2.45, 2.75) is 58.4 Å². The molecule has 1 amide bonds. The molecule has 1 aliphatic carbocycles. The Hall–Kier alpha value is -1.29. The van der Waals surface area contributed by atoms with E-state index in [1.807, 2.05) is 18.3 Å². The van der Waals surface area contributed by atoms with Gasteiger partial charge in [0, 0.05) is 34.7 Å². The second-order valence-corrected chi connectivity index (χ2v) is 7.79. The fourth-order valence-corrected chi connectivity index (χ4v) is 4.38. The van der Waals surface area contributed by atoms with E-state index in [4.69, 9.17) is 0 Å². The van der Waals surface area contributed by atoms with E-state index in [1.54, 1.807) is 0 Å². The lowest BCUT2D eigenvalue weighted by atomic mass is 10.0. The Labute approximate surface area is 152 Å². The first-order chi connectivity index (χ1) is 11.7. The minimum Gasteiger partial charge on any atom is -0.352 e. The summed E-state index contributed by atoms with van der Waals surface area (Å²) in [6.07, 6.45) is 10.9. The zero-order valence-corrected chi connectivity index (χ0v) is 16.1. The summed E-state index contributed by atoms with van der Waals surface area (Å²) in [6, 6.07) is 6.14. The molecule has 24 heavy (non-hydrogen) atoms. The van der Waals surface area contributed by atoms with Gasteiger partial charge in [0.1, 0.15) is 0 Å². The molecule has 1 fully saturated rings. The number of benzene rings is 1. The summed E-state index contributed by atoms with van der Waals surface area (Å²) in [6.45, 7) is 3.90. The van der Waals surface area contributed by atoms with E-state index in [0.717, 1.165) is 40.4 Å². The number of aryl methyl sites for hydroxylation is 1. The molecule has 1 N–H and O–H groups in total. The summed E-state index contributed by atoms with van der Waals surface area (Å²) in [7, 11) is 0. The van der Waals surface area contributed by atoms with Gasteiger partial charge < -0.3 is 9.88 Å². The maximum Gasteiger partial charge on any atom is 0.253 e. The topological polar surface area (TPSA) is 34.0 Å². The van der Waals surface area contributed by atoms with Crippen LogP contribution in [0.15, 0.2) is 28.9 Å². The predicted octanol–water partition coefficient (Wildman–Crippen LogP) is 5.51. The fourth-order valence-electron chi connectivity index (χ4n) is 3.81. The molecular weight excluding hydrogens is 364 g/mol. The standard InChI is InChI=1S/C20H27BrN2O/c1-2-12-23-14-16(19-17(21)10-7-11-18(19)23)20(24)22-13-15-8-5-3-4-6-9-15/h7,10-11,14-15H,2-6,8-9,12-13H2,1H3,(H,22,24). The summed E-state index contributed by atoms with van der Waals surface area (Å²) in [5.74, 6) is 0.704. The quantitative estimate of drug-likeness (QED) is 0.670. The van der Waals surface area contributed by atoms with Crippen LogP contribution in [0, 0.1) is 5.92 Å². The molecule has 0 unspecified atom stereocenters. The first-order valence-electron chi connectivity index (χ1n) is 9.26. The molecule has 1 heterocycles. The highest BCUT2D eigenvalue weighted by Crippen LogP contribution is 2.29. The van der Waals surface area contributed by atoms with Crippen molar-refractivity contribution >= 4 is 32.7 Å². The minimum atomic E-state index is 0.0611. The van der Waals surface area contributed by atoms with Crippen molar-refractivity contribution in [2.24, 2.45) is 5.92 Å². The number of amides is 1. The van der Waals surface area contributed by atoms with Crippen molar-refractivity contribution in [1.82, 2.24) is 9.88 Å². The Bertz CT molecular complexity index is 699. The fraction of sp³-hybridized carbons (Fsp3) is 0.550. The number of hydrogen-bond donors (Lipinski definition) is 1. The number of carbonyl (C=O) groups is 1. The van der Waals surface area contributed by atoms with Crippen molar-refractivity contribution < 1.29 is 4.79 Å². The van der Waals surface area contributed by atoms with Crippen LogP contribution in [0.25, 0.3) is 10.9 Å². The van der Waals surface area contributed by atoms with Gasteiger partial charge in [0.2, 0.25) is 0 Å². The van der Waals surface area contributed by atoms with E-state index in [2.05, 4.69) is 38.8 Å². The lowest BCUT2D eigenvalue weighted by molar-refractivity contribution is 0.0947. The van der Waals surface area contributed by atoms with Gasteiger partial charge >= 0.3 is 0 Å². The molecule has 130 valence electrons. The van der Waals surface area contributed by atoms with E-state index in [1.165, 1.54) is 38.5 Å². The van der Waals surface area contributed by atoms with Crippen LogP contribution in [0.4, 0.5) is 0 Å². The molecule has 1 saturated carbocycles. The van der Waals surface area contributed by atoms with E-state index in [0.29, 0.717) is 5.92 Å². The Morgan fingerprint density at radius 1 is 1.25 bits per heavy atom. The minimum absolute atomic E-state index is 0.0611. The number of nitrogens with zero attached hydrogens (tertiary/aromatic N) is 1. The maximum atomic E-state index is 12.8. The van der Waals surface area contributed by atoms with Crippen molar-refractivity contribution in [1.29, 1.82) is 0 Å². The molecule has 4 heteroatoms. The smallest absolute Gasteiger partial charge is 0.253 e. The summed E-state index contributed by atoms with van der Waals surface area (Å²) in [4.78, 5) is 12.8. The van der Waals surface area contributed by atoms with Crippen LogP contribution in [-0.2, 0) is 6.54 Å². The third-order valence-corrected chi connectivity index (χ3v) is 5.75. The second-order valence-electron chi connectivity index (χ2n) is 6.94. The molecule has 0 aliphatic heterocycles. The van der Waals surface area contributed by atoms with E-state index < -0.39 is 0 Å². The third kappa shape index (κ3) is 3.85. The van der Waals surface area contributed by atoms with Crippen LogP contribution in [0.3, 0.4) is 0 Å². The molecule has 1 aromatic heterocycles. The van der Waals surface area contributed by atoms with Gasteiger partial charge in [-0.1, -0.05) is 54.6 Å². The van der Waals surface area contributed by atoms with Crippen molar-refractivity contribution in [3.05, 3.63) is 34.4 Å². The van der Waals surface area contributed by atoms with Crippen LogP contribution >= 0.6 is 15.9 Å². The highest BCUT2D eigenvalue weighted by molar-refractivity contribution is 9.10. The van der Waals surface area contributed by atoms with Crippen molar-refractivity contribution in [3.8, 4) is 0 Å². The number of halogens is 1. The molecule has 3 rings (SSSR count). The number of nitrogens with one attached hydrogen (secondary N) is 1. The molecule has 0 bridgehead atoms. The third-order valence-electron chi connectivity index (χ3n) is 5.09. The molecule has 3 nitrogen and oxygen atoms in total. The second kappa shape index (κ2) is 8.19. The van der Waals surface area contributed by atoms with Gasteiger partial charge in [-0.15, -0.1) is 0 Å². The number of carbonyl (C=O) groups excluding carboxylic acids is 1. The number of fused-ring (bicyclic) bond motifs is 1. The number of rotatable bonds is 5. The van der Waals surface area contributed by atoms with Crippen LogP contribution < -0.4 is 5.32 Å². The van der Waals surface area contributed by atoms with E-state index in [-0.39, 0.29) is 5.91 Å². The maximum absolute atomic E-state index is 12.8. The summed E-state index contributed by atoms with van der Waals surface area (Å²) in [5, 5.41) is 4.23. The highest BCUT2D eigenvalue weighted by atomic mass is 79.9. The molecule has 0 spiro atoms. The van der Waals surface area contributed by atoms with Crippen molar-refractivity contribution in [2.75, 3.05) is 6.54 Å². The van der Waals surface area contributed by atoms with Gasteiger partial charge in [-0.25, -0.2) is 0 Å². The molecule has 1 aliphatic rings. The Morgan fingerprint density at radius 3 is 2.71 bits per heavy atom. The number of hydrogen-bond acceptors (Lipinski definition) is 1. The molecule has 0 saturated heterocycles. The summed E-state index contributed by atoms with van der Waals surface area (Å²) in [5.41, 5.74) is 1.92. The predicted molar refractivity (Wildman–Crippen MR) is 103 cm³/mol. The highest BCUT2D eigenvalue weighted by Gasteiger charge is 2.19. The Kier molecular flexibility index (Phi) is 5.99. The zero-order valence-electron chi connectivity index (χ0n) is 14.5. The molecule has 1 aromatic carbocycles. The largest absolute Gasteiger partial charge is 0.352 e. The van der Waals surface area contributed by atoms with Gasteiger partial charge in [0.25, 0.3) is 5.91 Å². The number of aromatic nitrogens is 1. The van der Waals surface area contributed by atoms with Crippen LogP contribution in [-0.4, -0.2) is 17.0 Å². The molecule has 0 radical (unpaired) electrons. The van der Waals surface area contributed by atoms with Crippen LogP contribution in [0.5, 0.6) is 0 Å². The van der Waals surface area contributed by atoms with Gasteiger partial charge in [-0.3, -0.25) is 4.79 Å². The summed E-state index contributed by atoms with van der Waals surface area (Å²) >= 11 is 3.63. The lowest BCUT2D eigenvalue weighted by Crippen LogP contribution is -2.29. The van der Waals surface area contributed by atoms with E-state index >= 15 is 0 Å². The molecule has 0 atom stereocenters. The zero-order chi connectivity index (χ0) is 16.9. The van der Waals surface area contributed by atoms with Crippen LogP contribution in [0.1, 0.15) is 62.2 Å². The van der Waals surface area contributed by atoms with Crippen molar-refractivity contribution in [3.63, 3.8) is 0 Å². The normalized spacial score (nSPS) is 16.2. The van der Waals surface area contributed by atoms with Gasteiger partial charge in [0.15, 0.2) is 0 Å². The average molecular weight is 391 g/mol. The first kappa shape index (κ1) is 17.5. The summed E-state index contributed by atoms with van der Waals surface area (Å²) < 4.78 is 3.19. The van der Waals surface area contributed by atoms with Gasteiger partial charge in [0.05, 0.1) is 5.56 Å². The first-order valence-corrected chi connectivity index (χ1v) is 10.1. The lowest BCUT2D eigenvalue weighted by Gasteiger charge is -2.14. The van der Waals surface area contributed by atoms with Gasteiger partial charge in [-0.05, 0) is 37.3 Å². The van der Waals surface area contributed by atoms with Crippen LogP contribution in [0.2, 0.25) is 0 Å². The van der Waals surface area contributed by atoms with E-state index in [9.17, 15) is 4.79 Å². The molecule has 2 aromatic rings. The molecular formula is C20H27BrN2O. The Morgan fingerprint density at radius 2 is 2.00 bits per heavy atom. The van der Waals surface area contributed by atoms with Gasteiger partial charge in [-0.2, -0.15) is 0 Å². The Balaban J connectivity index is 1.78.